The Kier molecular flexibility index (Phi) is 3.48. The molecule has 0 aromatic heterocycles. The number of carbonyl (C=O) groups is 1. The third-order valence-electron chi connectivity index (χ3n) is 3.88. The van der Waals surface area contributed by atoms with Crippen molar-refractivity contribution in [3.05, 3.63) is 28.8 Å². The lowest BCUT2D eigenvalue weighted by Gasteiger charge is -2.11. The fraction of sp³-hybridized carbons (Fsp3) is 0.500. The summed E-state index contributed by atoms with van der Waals surface area (Å²) in [6.07, 6.45) is 3.42. The second kappa shape index (κ2) is 5.12. The zero-order valence-electron chi connectivity index (χ0n) is 10.9. The van der Waals surface area contributed by atoms with Crippen LogP contribution in [-0.2, 0) is 4.79 Å². The van der Waals surface area contributed by atoms with Gasteiger partial charge in [-0.05, 0) is 49.8 Å². The molecular weight excluding hydrogens is 262 g/mol. The van der Waals surface area contributed by atoms with Crippen molar-refractivity contribution in [3.8, 4) is 0 Å². The zero-order valence-corrected chi connectivity index (χ0v) is 11.6. The normalized spacial score (nSPS) is 26.4. The van der Waals surface area contributed by atoms with E-state index in [1.54, 1.807) is 6.07 Å². The lowest BCUT2D eigenvalue weighted by atomic mass is 10.1. The van der Waals surface area contributed by atoms with Crippen LogP contribution in [0.4, 0.5) is 5.69 Å². The third kappa shape index (κ3) is 2.91. The Hall–Kier alpha value is -1.10. The molecule has 1 aliphatic carbocycles. The van der Waals surface area contributed by atoms with Crippen LogP contribution in [0.1, 0.15) is 24.8 Å². The minimum Gasteiger partial charge on any atom is -0.325 e. The number of aryl methyl sites for hydroxylation is 1. The van der Waals surface area contributed by atoms with Crippen LogP contribution < -0.4 is 16.2 Å². The molecule has 2 aliphatic rings. The van der Waals surface area contributed by atoms with Crippen molar-refractivity contribution in [1.29, 1.82) is 0 Å². The van der Waals surface area contributed by atoms with Crippen LogP contribution in [0.5, 0.6) is 0 Å². The molecule has 5 heteroatoms. The molecule has 1 amide bonds. The van der Waals surface area contributed by atoms with Gasteiger partial charge in [0.05, 0.1) is 0 Å². The number of nitrogens with one attached hydrogen (secondary N) is 3. The first-order valence-electron chi connectivity index (χ1n) is 6.71. The third-order valence-corrected chi connectivity index (χ3v) is 4.29. The van der Waals surface area contributed by atoms with E-state index in [-0.39, 0.29) is 11.9 Å². The monoisotopic (exact) mass is 279 g/mol. The Morgan fingerprint density at radius 2 is 2.16 bits per heavy atom. The van der Waals surface area contributed by atoms with Crippen LogP contribution in [0.15, 0.2) is 18.2 Å². The summed E-state index contributed by atoms with van der Waals surface area (Å²) in [5.74, 6) is 0.745. The molecule has 1 aromatic rings. The van der Waals surface area contributed by atoms with Gasteiger partial charge in [-0.3, -0.25) is 10.2 Å². The predicted molar refractivity (Wildman–Crippen MR) is 76.0 cm³/mol. The molecule has 0 spiro atoms. The van der Waals surface area contributed by atoms with Crippen molar-refractivity contribution in [2.75, 3.05) is 5.32 Å². The van der Waals surface area contributed by atoms with Gasteiger partial charge in [0.1, 0.15) is 6.04 Å². The fourth-order valence-corrected chi connectivity index (χ4v) is 2.64. The minimum atomic E-state index is -0.161. The Morgan fingerprint density at radius 1 is 1.37 bits per heavy atom. The lowest BCUT2D eigenvalue weighted by molar-refractivity contribution is -0.117. The van der Waals surface area contributed by atoms with Crippen LogP contribution in [0, 0.1) is 12.8 Å². The highest BCUT2D eigenvalue weighted by molar-refractivity contribution is 6.31. The molecule has 4 nitrogen and oxygen atoms in total. The van der Waals surface area contributed by atoms with Crippen molar-refractivity contribution in [2.24, 2.45) is 5.92 Å². The number of benzene rings is 1. The topological polar surface area (TPSA) is 53.2 Å². The van der Waals surface area contributed by atoms with E-state index in [9.17, 15) is 4.79 Å². The maximum Gasteiger partial charge on any atom is 0.242 e. The molecule has 3 N–H and O–H groups in total. The molecule has 1 saturated heterocycles. The lowest BCUT2D eigenvalue weighted by Crippen LogP contribution is -2.40. The van der Waals surface area contributed by atoms with E-state index >= 15 is 0 Å². The second-order valence-electron chi connectivity index (χ2n) is 5.47. The number of hydrogen-bond acceptors (Lipinski definition) is 3. The molecule has 2 unspecified atom stereocenters. The van der Waals surface area contributed by atoms with Crippen LogP contribution >= 0.6 is 11.6 Å². The quantitative estimate of drug-likeness (QED) is 0.795. The Bertz CT molecular complexity index is 501. The van der Waals surface area contributed by atoms with Gasteiger partial charge in [0.25, 0.3) is 0 Å². The summed E-state index contributed by atoms with van der Waals surface area (Å²) >= 11 is 6.05. The van der Waals surface area contributed by atoms with Gasteiger partial charge in [-0.1, -0.05) is 17.7 Å². The summed E-state index contributed by atoms with van der Waals surface area (Å²) in [7, 11) is 0. The molecule has 1 aromatic carbocycles. The summed E-state index contributed by atoms with van der Waals surface area (Å²) in [6, 6.07) is 5.85. The molecule has 102 valence electrons. The summed E-state index contributed by atoms with van der Waals surface area (Å²) < 4.78 is 0. The fourth-order valence-electron chi connectivity index (χ4n) is 2.46. The summed E-state index contributed by atoms with van der Waals surface area (Å²) in [6.45, 7) is 1.94. The average molecular weight is 280 g/mol. The largest absolute Gasteiger partial charge is 0.325 e. The summed E-state index contributed by atoms with van der Waals surface area (Å²) in [5.41, 5.74) is 8.05. The first-order valence-corrected chi connectivity index (χ1v) is 7.09. The molecule has 3 rings (SSSR count). The van der Waals surface area contributed by atoms with Gasteiger partial charge < -0.3 is 5.32 Å². The number of hydrazine groups is 1. The second-order valence-corrected chi connectivity index (χ2v) is 5.88. The number of anilines is 1. The van der Waals surface area contributed by atoms with Crippen LogP contribution in [0.3, 0.4) is 0 Å². The molecule has 1 heterocycles. The van der Waals surface area contributed by atoms with Gasteiger partial charge in [0, 0.05) is 16.8 Å². The van der Waals surface area contributed by atoms with Crippen molar-refractivity contribution in [1.82, 2.24) is 10.9 Å². The van der Waals surface area contributed by atoms with Crippen molar-refractivity contribution in [2.45, 2.75) is 38.3 Å². The predicted octanol–water partition coefficient (Wildman–Crippen LogP) is 2.23. The molecule has 0 radical (unpaired) electrons. The van der Waals surface area contributed by atoms with E-state index in [1.165, 1.54) is 12.8 Å². The van der Waals surface area contributed by atoms with Gasteiger partial charge in [0.2, 0.25) is 5.91 Å². The van der Waals surface area contributed by atoms with Gasteiger partial charge >= 0.3 is 0 Å². The van der Waals surface area contributed by atoms with E-state index in [1.807, 2.05) is 19.1 Å². The molecule has 0 bridgehead atoms. The Balaban J connectivity index is 1.60. The Morgan fingerprint density at radius 3 is 2.84 bits per heavy atom. The number of amides is 1. The first-order chi connectivity index (χ1) is 9.13. The number of halogens is 1. The van der Waals surface area contributed by atoms with Crippen LogP contribution in [-0.4, -0.2) is 18.0 Å². The van der Waals surface area contributed by atoms with Crippen LogP contribution in [0.25, 0.3) is 0 Å². The van der Waals surface area contributed by atoms with Gasteiger partial charge in [-0.2, -0.15) is 0 Å². The number of carbonyl (C=O) groups excluding carboxylic acids is 1. The van der Waals surface area contributed by atoms with Crippen molar-refractivity contribution >= 4 is 23.2 Å². The average Bonchev–Trinajstić information content (AvgIpc) is 3.11. The van der Waals surface area contributed by atoms with E-state index in [0.29, 0.717) is 11.1 Å². The highest BCUT2D eigenvalue weighted by atomic mass is 35.5. The first kappa shape index (κ1) is 12.9. The van der Waals surface area contributed by atoms with Crippen molar-refractivity contribution in [3.63, 3.8) is 0 Å². The summed E-state index contributed by atoms with van der Waals surface area (Å²) in [4.78, 5) is 12.1. The minimum absolute atomic E-state index is 0.00410. The van der Waals surface area contributed by atoms with Crippen molar-refractivity contribution < 1.29 is 4.79 Å². The maximum absolute atomic E-state index is 12.1. The zero-order chi connectivity index (χ0) is 13.4. The number of rotatable bonds is 3. The Labute approximate surface area is 117 Å². The smallest absolute Gasteiger partial charge is 0.242 e. The number of hydrogen-bond donors (Lipinski definition) is 3. The molecule has 1 saturated carbocycles. The standard InChI is InChI=1S/C14H18ClN3O/c1-8-2-5-10(6-11(8)15)16-14(19)13-7-12(17-18-13)9-3-4-9/h2,5-6,9,12-13,17-18H,3-4,7H2,1H3,(H,16,19). The van der Waals surface area contributed by atoms with Gasteiger partial charge in [-0.25, -0.2) is 5.43 Å². The van der Waals surface area contributed by atoms with Crippen LogP contribution in [0.2, 0.25) is 5.02 Å². The van der Waals surface area contributed by atoms with E-state index in [2.05, 4.69) is 16.2 Å². The van der Waals surface area contributed by atoms with Gasteiger partial charge in [-0.15, -0.1) is 0 Å². The van der Waals surface area contributed by atoms with E-state index in [0.717, 1.165) is 23.6 Å². The van der Waals surface area contributed by atoms with E-state index in [4.69, 9.17) is 11.6 Å². The molecule has 19 heavy (non-hydrogen) atoms. The maximum atomic E-state index is 12.1. The molecular formula is C14H18ClN3O. The highest BCUT2D eigenvalue weighted by Crippen LogP contribution is 2.35. The molecule has 2 fully saturated rings. The summed E-state index contributed by atoms with van der Waals surface area (Å²) in [5, 5.41) is 3.58. The SMILES string of the molecule is Cc1ccc(NC(=O)C2CC(C3CC3)NN2)cc1Cl. The van der Waals surface area contributed by atoms with Gasteiger partial charge in [0.15, 0.2) is 0 Å². The molecule has 1 aliphatic heterocycles. The highest BCUT2D eigenvalue weighted by Gasteiger charge is 2.38. The van der Waals surface area contributed by atoms with E-state index < -0.39 is 0 Å². The molecule has 2 atom stereocenters.